The lowest BCUT2D eigenvalue weighted by Crippen LogP contribution is -2.31. The number of carbonyl (C=O) groups is 2. The van der Waals surface area contributed by atoms with Gasteiger partial charge in [0, 0.05) is 0 Å². The zero-order valence-electron chi connectivity index (χ0n) is 19.0. The van der Waals surface area contributed by atoms with Gasteiger partial charge in [0.25, 0.3) is 5.91 Å². The minimum Gasteiger partial charge on any atom is -0.493 e. The molecule has 0 aliphatic heterocycles. The zero-order chi connectivity index (χ0) is 23.0. The van der Waals surface area contributed by atoms with E-state index < -0.39 is 12.6 Å². The van der Waals surface area contributed by atoms with Crippen molar-refractivity contribution in [1.29, 1.82) is 0 Å². The molecule has 2 aromatic carbocycles. The van der Waals surface area contributed by atoms with Crippen LogP contribution in [0.25, 0.3) is 0 Å². The summed E-state index contributed by atoms with van der Waals surface area (Å²) in [5.74, 6) is 0.552. The number of benzene rings is 2. The summed E-state index contributed by atoms with van der Waals surface area (Å²) in [4.78, 5) is 24.7. The Balaban J connectivity index is 1.95. The molecule has 0 bridgehead atoms. The molecule has 2 aromatic rings. The number of carbonyl (C=O) groups excluding carboxylic acids is 2. The first-order valence-corrected chi connectivity index (χ1v) is 10.1. The maximum absolute atomic E-state index is 12.4. The quantitative estimate of drug-likeness (QED) is 0.576. The minimum absolute atomic E-state index is 0.191. The van der Waals surface area contributed by atoms with Crippen molar-refractivity contribution in [2.24, 2.45) is 5.92 Å². The number of nitrogens with one attached hydrogen (secondary N) is 1. The van der Waals surface area contributed by atoms with Gasteiger partial charge in [-0.3, -0.25) is 4.79 Å². The van der Waals surface area contributed by atoms with Crippen LogP contribution in [-0.4, -0.2) is 39.8 Å². The van der Waals surface area contributed by atoms with Crippen molar-refractivity contribution in [2.45, 2.75) is 33.2 Å². The van der Waals surface area contributed by atoms with Crippen LogP contribution < -0.4 is 19.5 Å². The third-order valence-corrected chi connectivity index (χ3v) is 4.74. The SMILES string of the molecule is COc1cc(C(=O)OCC(=O)N[C@@H](C)c2ccc(CC(C)C)cc2)cc(OC)c1OC. The van der Waals surface area contributed by atoms with E-state index in [4.69, 9.17) is 18.9 Å². The van der Waals surface area contributed by atoms with Gasteiger partial charge in [-0.15, -0.1) is 0 Å². The topological polar surface area (TPSA) is 83.1 Å². The third kappa shape index (κ3) is 6.64. The highest BCUT2D eigenvalue weighted by molar-refractivity contribution is 5.92. The minimum atomic E-state index is -0.667. The second kappa shape index (κ2) is 11.2. The molecule has 7 nitrogen and oxygen atoms in total. The Morgan fingerprint density at radius 2 is 1.48 bits per heavy atom. The molecule has 0 unspecified atom stereocenters. The average Bonchev–Trinajstić information content (AvgIpc) is 2.76. The van der Waals surface area contributed by atoms with Crippen molar-refractivity contribution in [3.8, 4) is 17.2 Å². The Hall–Kier alpha value is -3.22. The summed E-state index contributed by atoms with van der Waals surface area (Å²) < 4.78 is 20.9. The van der Waals surface area contributed by atoms with E-state index in [-0.39, 0.29) is 17.5 Å². The second-order valence-corrected chi connectivity index (χ2v) is 7.62. The number of hydrogen-bond donors (Lipinski definition) is 1. The first-order chi connectivity index (χ1) is 14.8. The van der Waals surface area contributed by atoms with Crippen LogP contribution in [0.5, 0.6) is 17.2 Å². The maximum atomic E-state index is 12.4. The van der Waals surface area contributed by atoms with Gasteiger partial charge < -0.3 is 24.3 Å². The van der Waals surface area contributed by atoms with E-state index in [2.05, 4.69) is 31.3 Å². The van der Waals surface area contributed by atoms with E-state index in [1.807, 2.05) is 19.1 Å². The Kier molecular flexibility index (Phi) is 8.73. The first-order valence-electron chi connectivity index (χ1n) is 10.1. The van der Waals surface area contributed by atoms with E-state index in [1.54, 1.807) is 0 Å². The van der Waals surface area contributed by atoms with Crippen LogP contribution in [0.15, 0.2) is 36.4 Å². The van der Waals surface area contributed by atoms with Crippen molar-refractivity contribution in [3.05, 3.63) is 53.1 Å². The molecule has 0 heterocycles. The molecule has 1 atom stereocenters. The van der Waals surface area contributed by atoms with Crippen molar-refractivity contribution in [2.75, 3.05) is 27.9 Å². The number of ether oxygens (including phenoxy) is 4. The van der Waals surface area contributed by atoms with E-state index in [1.165, 1.54) is 39.0 Å². The maximum Gasteiger partial charge on any atom is 0.338 e. The highest BCUT2D eigenvalue weighted by Gasteiger charge is 2.19. The molecule has 0 aliphatic carbocycles. The Morgan fingerprint density at radius 3 is 1.97 bits per heavy atom. The number of hydrogen-bond acceptors (Lipinski definition) is 6. The van der Waals surface area contributed by atoms with E-state index >= 15 is 0 Å². The molecule has 0 fully saturated rings. The molecule has 0 saturated heterocycles. The first kappa shape index (κ1) is 24.1. The summed E-state index contributed by atoms with van der Waals surface area (Å²) in [5.41, 5.74) is 2.43. The summed E-state index contributed by atoms with van der Waals surface area (Å²) >= 11 is 0. The van der Waals surface area contributed by atoms with Gasteiger partial charge >= 0.3 is 5.97 Å². The van der Waals surface area contributed by atoms with Crippen LogP contribution in [0, 0.1) is 5.92 Å². The lowest BCUT2D eigenvalue weighted by atomic mass is 10.00. The molecule has 0 aromatic heterocycles. The molecule has 1 amide bonds. The Bertz CT molecular complexity index is 866. The molecule has 0 spiro atoms. The Morgan fingerprint density at radius 1 is 0.903 bits per heavy atom. The molecule has 31 heavy (non-hydrogen) atoms. The summed E-state index contributed by atoms with van der Waals surface area (Å²) in [6.45, 7) is 5.84. The molecular weight excluding hydrogens is 398 g/mol. The van der Waals surface area contributed by atoms with Gasteiger partial charge in [-0.2, -0.15) is 0 Å². The zero-order valence-corrected chi connectivity index (χ0v) is 19.0. The number of rotatable bonds is 10. The highest BCUT2D eigenvalue weighted by Crippen LogP contribution is 2.38. The van der Waals surface area contributed by atoms with Crippen LogP contribution in [-0.2, 0) is 16.0 Å². The average molecular weight is 430 g/mol. The molecular formula is C24H31NO6. The van der Waals surface area contributed by atoms with E-state index in [9.17, 15) is 9.59 Å². The molecule has 0 aliphatic rings. The summed E-state index contributed by atoms with van der Waals surface area (Å²) in [5, 5.41) is 2.84. The molecule has 0 saturated carbocycles. The van der Waals surface area contributed by atoms with Crippen molar-refractivity contribution in [3.63, 3.8) is 0 Å². The van der Waals surface area contributed by atoms with Crippen LogP contribution in [0.2, 0.25) is 0 Å². The van der Waals surface area contributed by atoms with Gasteiger partial charge in [-0.05, 0) is 42.5 Å². The summed E-state index contributed by atoms with van der Waals surface area (Å²) in [6, 6.07) is 10.9. The van der Waals surface area contributed by atoms with Gasteiger partial charge in [-0.1, -0.05) is 38.1 Å². The van der Waals surface area contributed by atoms with Gasteiger partial charge in [0.05, 0.1) is 32.9 Å². The van der Waals surface area contributed by atoms with E-state index in [0.29, 0.717) is 23.2 Å². The van der Waals surface area contributed by atoms with Crippen molar-refractivity contribution < 1.29 is 28.5 Å². The molecule has 7 heteroatoms. The standard InChI is InChI=1S/C24H31NO6/c1-15(2)11-17-7-9-18(10-8-17)16(3)25-22(26)14-31-24(27)19-12-20(28-4)23(30-6)21(13-19)29-5/h7-10,12-13,15-16H,11,14H2,1-6H3,(H,25,26)/t16-/m0/s1. The number of esters is 1. The van der Waals surface area contributed by atoms with Gasteiger partial charge in [0.2, 0.25) is 5.75 Å². The van der Waals surface area contributed by atoms with Crippen molar-refractivity contribution in [1.82, 2.24) is 5.32 Å². The lowest BCUT2D eigenvalue weighted by Gasteiger charge is -2.16. The van der Waals surface area contributed by atoms with Crippen LogP contribution in [0.1, 0.15) is 48.3 Å². The lowest BCUT2D eigenvalue weighted by molar-refractivity contribution is -0.124. The van der Waals surface area contributed by atoms with Crippen LogP contribution in [0.3, 0.4) is 0 Å². The monoisotopic (exact) mass is 429 g/mol. The van der Waals surface area contributed by atoms with Crippen LogP contribution in [0.4, 0.5) is 0 Å². The highest BCUT2D eigenvalue weighted by atomic mass is 16.5. The van der Waals surface area contributed by atoms with Gasteiger partial charge in [-0.25, -0.2) is 4.79 Å². The van der Waals surface area contributed by atoms with Gasteiger partial charge in [0.15, 0.2) is 18.1 Å². The second-order valence-electron chi connectivity index (χ2n) is 7.62. The molecule has 2 rings (SSSR count). The molecule has 1 N–H and O–H groups in total. The molecule has 0 radical (unpaired) electrons. The van der Waals surface area contributed by atoms with Gasteiger partial charge in [0.1, 0.15) is 0 Å². The Labute approximate surface area is 183 Å². The number of amides is 1. The predicted octanol–water partition coefficient (Wildman–Crippen LogP) is 3.95. The van der Waals surface area contributed by atoms with E-state index in [0.717, 1.165) is 12.0 Å². The third-order valence-electron chi connectivity index (χ3n) is 4.74. The van der Waals surface area contributed by atoms with Crippen molar-refractivity contribution >= 4 is 11.9 Å². The fourth-order valence-corrected chi connectivity index (χ4v) is 3.19. The smallest absolute Gasteiger partial charge is 0.338 e. The number of methoxy groups -OCH3 is 3. The largest absolute Gasteiger partial charge is 0.493 e. The summed E-state index contributed by atoms with van der Waals surface area (Å²) in [7, 11) is 4.38. The predicted molar refractivity (Wildman–Crippen MR) is 118 cm³/mol. The fraction of sp³-hybridized carbons (Fsp3) is 0.417. The fourth-order valence-electron chi connectivity index (χ4n) is 3.19. The molecule has 168 valence electrons. The van der Waals surface area contributed by atoms with Crippen LogP contribution >= 0.6 is 0 Å². The normalized spacial score (nSPS) is 11.6. The summed E-state index contributed by atoms with van der Waals surface area (Å²) in [6.07, 6.45) is 1.01.